The number of rotatable bonds is 8. The number of ether oxygens (including phenoxy) is 2. The van der Waals surface area contributed by atoms with Gasteiger partial charge < -0.3 is 19.7 Å². The molecule has 6 heteroatoms. The van der Waals surface area contributed by atoms with E-state index in [1.165, 1.54) is 0 Å². The predicted molar refractivity (Wildman–Crippen MR) is 98.2 cm³/mol. The quantitative estimate of drug-likeness (QED) is 0.722. The average Bonchev–Trinajstić information content (AvgIpc) is 3.51. The van der Waals surface area contributed by atoms with Gasteiger partial charge >= 0.3 is 0 Å². The van der Waals surface area contributed by atoms with Gasteiger partial charge in [0, 0.05) is 57.7 Å². The van der Waals surface area contributed by atoms with Gasteiger partial charge in [-0.2, -0.15) is 0 Å². The second kappa shape index (κ2) is 9.03. The maximum absolute atomic E-state index is 12.2. The summed E-state index contributed by atoms with van der Waals surface area (Å²) < 4.78 is 11.0. The topological polar surface area (TPSA) is 67.9 Å². The third-order valence-corrected chi connectivity index (χ3v) is 4.89. The molecule has 0 atom stereocenters. The maximum Gasteiger partial charge on any atom is 0.251 e. The molecule has 6 nitrogen and oxygen atoms in total. The van der Waals surface area contributed by atoms with Crippen molar-refractivity contribution < 1.29 is 19.1 Å². The highest BCUT2D eigenvalue weighted by Gasteiger charge is 2.35. The van der Waals surface area contributed by atoms with Gasteiger partial charge in [0.2, 0.25) is 5.91 Å². The molecule has 0 bridgehead atoms. The first-order valence-electron chi connectivity index (χ1n) is 9.50. The second-order valence-corrected chi connectivity index (χ2v) is 7.05. The van der Waals surface area contributed by atoms with Gasteiger partial charge in [-0.25, -0.2) is 0 Å². The molecule has 1 heterocycles. The van der Waals surface area contributed by atoms with E-state index in [4.69, 9.17) is 9.47 Å². The van der Waals surface area contributed by atoms with Gasteiger partial charge in [-0.15, -0.1) is 0 Å². The number of carbonyl (C=O) groups excluding carboxylic acids is 2. The third-order valence-electron chi connectivity index (χ3n) is 4.89. The lowest BCUT2D eigenvalue weighted by molar-refractivity contribution is -0.134. The highest BCUT2D eigenvalue weighted by molar-refractivity contribution is 5.94. The summed E-state index contributed by atoms with van der Waals surface area (Å²) in [4.78, 5) is 26.3. The minimum atomic E-state index is -0.101. The SMILES string of the molecule is COCCCNC(=O)c1cccc(OC2CCN(C(=O)C3CC3)CC2)c1. The van der Waals surface area contributed by atoms with Crippen molar-refractivity contribution in [3.8, 4) is 5.75 Å². The number of hydrogen-bond donors (Lipinski definition) is 1. The zero-order valence-corrected chi connectivity index (χ0v) is 15.4. The first-order chi connectivity index (χ1) is 12.7. The first kappa shape index (κ1) is 18.7. The second-order valence-electron chi connectivity index (χ2n) is 7.05. The van der Waals surface area contributed by atoms with Crippen LogP contribution in [0.4, 0.5) is 0 Å². The number of nitrogens with zero attached hydrogens (tertiary/aromatic N) is 1. The monoisotopic (exact) mass is 360 g/mol. The first-order valence-corrected chi connectivity index (χ1v) is 9.50. The van der Waals surface area contributed by atoms with Crippen molar-refractivity contribution in [3.05, 3.63) is 29.8 Å². The molecular weight excluding hydrogens is 332 g/mol. The van der Waals surface area contributed by atoms with Gasteiger partial charge in [-0.1, -0.05) is 6.07 Å². The van der Waals surface area contributed by atoms with Crippen molar-refractivity contribution in [1.29, 1.82) is 0 Å². The number of benzene rings is 1. The molecule has 1 aromatic rings. The molecule has 1 saturated heterocycles. The Hall–Kier alpha value is -2.08. The van der Waals surface area contributed by atoms with E-state index in [1.807, 2.05) is 17.0 Å². The number of piperidine rings is 1. The number of nitrogens with one attached hydrogen (secondary N) is 1. The average molecular weight is 360 g/mol. The lowest BCUT2D eigenvalue weighted by Gasteiger charge is -2.32. The standard InChI is InChI=1S/C20H28N2O4/c1-25-13-3-10-21-19(23)16-4-2-5-18(14-16)26-17-8-11-22(12-9-17)20(24)15-6-7-15/h2,4-5,14-15,17H,3,6-13H2,1H3,(H,21,23). The van der Waals surface area contributed by atoms with Gasteiger partial charge in [0.15, 0.2) is 0 Å². The molecule has 2 aliphatic rings. The summed E-state index contributed by atoms with van der Waals surface area (Å²) >= 11 is 0. The van der Waals surface area contributed by atoms with E-state index in [2.05, 4.69) is 5.32 Å². The zero-order chi connectivity index (χ0) is 18.4. The molecule has 1 aliphatic heterocycles. The van der Waals surface area contributed by atoms with E-state index >= 15 is 0 Å². The lowest BCUT2D eigenvalue weighted by Crippen LogP contribution is -2.42. The van der Waals surface area contributed by atoms with E-state index in [1.54, 1.807) is 19.2 Å². The van der Waals surface area contributed by atoms with Crippen LogP contribution in [0.5, 0.6) is 5.75 Å². The number of methoxy groups -OCH3 is 1. The van der Waals surface area contributed by atoms with E-state index in [0.717, 1.165) is 45.2 Å². The molecule has 2 fully saturated rings. The van der Waals surface area contributed by atoms with Crippen LogP contribution in [0.15, 0.2) is 24.3 Å². The summed E-state index contributed by atoms with van der Waals surface area (Å²) in [5.74, 6) is 1.21. The Bertz CT molecular complexity index is 622. The molecule has 1 N–H and O–H groups in total. The largest absolute Gasteiger partial charge is 0.490 e. The highest BCUT2D eigenvalue weighted by Crippen LogP contribution is 2.32. The number of carbonyl (C=O) groups is 2. The molecule has 1 aromatic carbocycles. The molecule has 1 saturated carbocycles. The summed E-state index contributed by atoms with van der Waals surface area (Å²) in [7, 11) is 1.65. The Morgan fingerprint density at radius 1 is 1.19 bits per heavy atom. The van der Waals surface area contributed by atoms with Gasteiger partial charge in [0.25, 0.3) is 5.91 Å². The van der Waals surface area contributed by atoms with Crippen LogP contribution < -0.4 is 10.1 Å². The minimum Gasteiger partial charge on any atom is -0.490 e. The van der Waals surface area contributed by atoms with E-state index in [9.17, 15) is 9.59 Å². The molecule has 0 unspecified atom stereocenters. The van der Waals surface area contributed by atoms with Gasteiger partial charge in [-0.3, -0.25) is 9.59 Å². The molecule has 0 aromatic heterocycles. The summed E-state index contributed by atoms with van der Waals surface area (Å²) in [6, 6.07) is 7.29. The molecule has 142 valence electrons. The van der Waals surface area contributed by atoms with Crippen LogP contribution in [0.1, 0.15) is 42.5 Å². The van der Waals surface area contributed by atoms with Gasteiger partial charge in [-0.05, 0) is 37.5 Å². The normalized spacial score (nSPS) is 17.8. The van der Waals surface area contributed by atoms with Crippen molar-refractivity contribution >= 4 is 11.8 Å². The van der Waals surface area contributed by atoms with Crippen molar-refractivity contribution in [2.24, 2.45) is 5.92 Å². The number of likely N-dealkylation sites (tertiary alicyclic amines) is 1. The Kier molecular flexibility index (Phi) is 6.50. The predicted octanol–water partition coefficient (Wildman–Crippen LogP) is 2.23. The molecular formula is C20H28N2O4. The van der Waals surface area contributed by atoms with Crippen molar-refractivity contribution in [3.63, 3.8) is 0 Å². The molecule has 26 heavy (non-hydrogen) atoms. The third kappa shape index (κ3) is 5.21. The maximum atomic E-state index is 12.2. The van der Waals surface area contributed by atoms with Crippen LogP contribution in [0.2, 0.25) is 0 Å². The zero-order valence-electron chi connectivity index (χ0n) is 15.4. The fraction of sp³-hybridized carbons (Fsp3) is 0.600. The Balaban J connectivity index is 1.46. The van der Waals surface area contributed by atoms with Crippen LogP contribution in [-0.4, -0.2) is 56.2 Å². The Morgan fingerprint density at radius 3 is 2.65 bits per heavy atom. The minimum absolute atomic E-state index is 0.0956. The van der Waals surface area contributed by atoms with Crippen molar-refractivity contribution in [2.45, 2.75) is 38.2 Å². The molecule has 0 radical (unpaired) electrons. The molecule has 1 aliphatic carbocycles. The van der Waals surface area contributed by atoms with E-state index in [-0.39, 0.29) is 17.9 Å². The smallest absolute Gasteiger partial charge is 0.251 e. The van der Waals surface area contributed by atoms with E-state index in [0.29, 0.717) is 30.4 Å². The van der Waals surface area contributed by atoms with Crippen LogP contribution in [0, 0.1) is 5.92 Å². The number of hydrogen-bond acceptors (Lipinski definition) is 4. The summed E-state index contributed by atoms with van der Waals surface area (Å²) in [6.07, 6.45) is 4.66. The Labute approximate surface area is 154 Å². The van der Waals surface area contributed by atoms with Crippen LogP contribution >= 0.6 is 0 Å². The summed E-state index contributed by atoms with van der Waals surface area (Å²) in [6.45, 7) is 2.75. The van der Waals surface area contributed by atoms with Crippen LogP contribution in [0.25, 0.3) is 0 Å². The van der Waals surface area contributed by atoms with Gasteiger partial charge in [0.1, 0.15) is 11.9 Å². The molecule has 3 rings (SSSR count). The summed E-state index contributed by atoms with van der Waals surface area (Å²) in [5, 5.41) is 2.88. The van der Waals surface area contributed by atoms with Crippen LogP contribution in [-0.2, 0) is 9.53 Å². The van der Waals surface area contributed by atoms with E-state index < -0.39 is 0 Å². The fourth-order valence-corrected chi connectivity index (χ4v) is 3.21. The Morgan fingerprint density at radius 2 is 1.96 bits per heavy atom. The van der Waals surface area contributed by atoms with Gasteiger partial charge in [0.05, 0.1) is 0 Å². The van der Waals surface area contributed by atoms with Crippen molar-refractivity contribution in [2.75, 3.05) is 33.4 Å². The highest BCUT2D eigenvalue weighted by atomic mass is 16.5. The lowest BCUT2D eigenvalue weighted by atomic mass is 10.1. The van der Waals surface area contributed by atoms with Crippen molar-refractivity contribution in [1.82, 2.24) is 10.2 Å². The fourth-order valence-electron chi connectivity index (χ4n) is 3.21. The van der Waals surface area contributed by atoms with Crippen LogP contribution in [0.3, 0.4) is 0 Å². The molecule has 0 spiro atoms. The number of amides is 2. The summed E-state index contributed by atoms with van der Waals surface area (Å²) in [5.41, 5.74) is 0.598. The molecule has 2 amide bonds.